The van der Waals surface area contributed by atoms with Gasteiger partial charge in [0.25, 0.3) is 11.4 Å². The number of benzene rings is 2. The molecule has 0 saturated carbocycles. The SMILES string of the molecule is CC(=O)N1CCOc2c(C#N)cc([N+](=O)[O-])cc21.N#Cc1cc([N+](=O)[O-])cc2c1OCCN2.[B][B]B([B])B(B(B([B])[B])B([B])[B])B(B(B(B([B])[B])B([B])[B])B(B([B])[B])B([B])[B])B(B(B([B])[B])B([B])[B])B(B([B])[B])B([B])[B]. The summed E-state index contributed by atoms with van der Waals surface area (Å²) in [6.07, 6.45) is -23.1. The molecule has 0 aliphatic carbocycles. The van der Waals surface area contributed by atoms with Gasteiger partial charge < -0.3 is 19.7 Å². The highest BCUT2D eigenvalue weighted by molar-refractivity contribution is 8.33. The van der Waals surface area contributed by atoms with Crippen molar-refractivity contribution in [3.63, 3.8) is 0 Å². The maximum Gasteiger partial charge on any atom is 0.273 e. The van der Waals surface area contributed by atoms with Gasteiger partial charge in [-0.25, -0.2) is 0 Å². The molecule has 56 heteroatoms. The molecule has 2 aromatic carbocycles. The number of fused-ring (bicyclic) bond motifs is 2. The molecule has 2 aliphatic heterocycles. The molecule has 0 bridgehead atoms. The molecule has 1 amide bonds. The minimum absolute atomic E-state index is 0.0603. The second kappa shape index (κ2) is 32.4. The molecule has 2 aliphatic rings. The van der Waals surface area contributed by atoms with Gasteiger partial charge in [0, 0.05) is 343 Å². The smallest absolute Gasteiger partial charge is 0.273 e. The molecule has 76 heavy (non-hydrogen) atoms. The lowest BCUT2D eigenvalue weighted by atomic mass is 8.26. The first kappa shape index (κ1) is 70.0. The summed E-state index contributed by atoms with van der Waals surface area (Å²) in [5.74, 6) is 0.378. The molecule has 0 atom stereocenters. The van der Waals surface area contributed by atoms with Gasteiger partial charge >= 0.3 is 0 Å². The van der Waals surface area contributed by atoms with Crippen LogP contribution < -0.4 is 19.7 Å². The summed E-state index contributed by atoms with van der Waals surface area (Å²) in [7, 11) is 140. The predicted molar refractivity (Wildman–Crippen MR) is 361 cm³/mol. The first-order valence-electron chi connectivity index (χ1n) is 23.5. The van der Waals surface area contributed by atoms with Crippen LogP contribution >= 0.6 is 0 Å². The second-order valence-corrected chi connectivity index (χ2v) is 18.5. The number of rotatable bonds is 22. The van der Waals surface area contributed by atoms with Crippen LogP contribution in [-0.4, -0.2) is 347 Å². The number of nitrogens with zero attached hydrogens (tertiary/aromatic N) is 5. The summed E-state index contributed by atoms with van der Waals surface area (Å²) in [5, 5.41) is 42.1. The number of non-ortho nitro benzene ring substituents is 2. The maximum atomic E-state index is 11.5. The van der Waals surface area contributed by atoms with Gasteiger partial charge in [-0.15, -0.1) is 0 Å². The summed E-state index contributed by atoms with van der Waals surface area (Å²) < 4.78 is 10.6. The fourth-order valence-electron chi connectivity index (χ4n) is 10.3. The van der Waals surface area contributed by atoms with E-state index in [4.69, 9.17) is 190 Å². The average molecular weight is 917 g/mol. The van der Waals surface area contributed by atoms with Gasteiger partial charge in [0.15, 0.2) is 11.5 Å². The van der Waals surface area contributed by atoms with Crippen LogP contribution in [0.25, 0.3) is 0 Å². The number of nitrogens with one attached hydrogen (secondary N) is 1. The highest BCUT2D eigenvalue weighted by atomic mass is 16.6. The number of nitro groups is 2. The summed E-state index contributed by atoms with van der Waals surface area (Å²) >= 11 is 0. The third kappa shape index (κ3) is 18.2. The van der Waals surface area contributed by atoms with Gasteiger partial charge in [-0.3, -0.25) is 25.0 Å². The van der Waals surface area contributed by atoms with Gasteiger partial charge in [-0.1, -0.05) is 0 Å². The van der Waals surface area contributed by atoms with E-state index in [1.165, 1.54) is 37.1 Å². The van der Waals surface area contributed by atoms with Crippen LogP contribution in [0.3, 0.4) is 0 Å². The summed E-state index contributed by atoms with van der Waals surface area (Å²) in [5.41, 5.74) is 0.688. The van der Waals surface area contributed by atoms with Crippen molar-refractivity contribution in [3.8, 4) is 23.6 Å². The van der Waals surface area contributed by atoms with E-state index in [0.717, 1.165) is 6.07 Å². The van der Waals surface area contributed by atoms with E-state index in [1.54, 1.807) is 0 Å². The molecule has 0 unspecified atom stereocenters. The van der Waals surface area contributed by atoms with Crippen LogP contribution in [0, 0.1) is 42.9 Å². The Morgan fingerprint density at radius 1 is 0.553 bits per heavy atom. The Labute approximate surface area is 487 Å². The maximum absolute atomic E-state index is 11.5. The van der Waals surface area contributed by atoms with Crippen molar-refractivity contribution < 1.29 is 24.1 Å². The van der Waals surface area contributed by atoms with Crippen molar-refractivity contribution in [3.05, 3.63) is 55.6 Å². The zero-order valence-electron chi connectivity index (χ0n) is 42.1. The Balaban J connectivity index is 0.000000478. The number of nitro benzene ring substituents is 2. The standard InChI is InChI=1S/C11H9N3O4.C9H7N3O3.B43/c1-7(15)13-2-3-18-11-8(6-12)4-9(14(16)17)5-10(11)13;10-5-6-3-7(12(13)14)4-8-9(6)15-2-1-11-8;1-23-34(22)40(35(24(2)3)25(4)5)43(41(36(26(6)7)27(8)9)37(28(10)11)29(12)13)42(38(30(14)15)31(16)17)39(32(18)19)33(20)21/h4-5H,2-3H2,1H3;3-4,11H,1-2H2;. The molecule has 1 N–H and O–H groups in total. The fraction of sp³-hybridized carbons (Fsp3) is 0.250. The van der Waals surface area contributed by atoms with E-state index in [-0.39, 0.29) is 46.5 Å². The van der Waals surface area contributed by atoms with E-state index >= 15 is 0 Å². The van der Waals surface area contributed by atoms with Crippen molar-refractivity contribution in [2.45, 2.75) is 6.92 Å². The Morgan fingerprint density at radius 2 is 0.882 bits per heavy atom. The lowest BCUT2D eigenvalue weighted by Gasteiger charge is -2.55. The van der Waals surface area contributed by atoms with E-state index in [1.807, 2.05) is 12.1 Å². The monoisotopic (exact) mass is 926 g/mol. The molecule has 297 valence electrons. The number of nitriles is 2. The van der Waals surface area contributed by atoms with Gasteiger partial charge in [-0.05, 0) is 0 Å². The summed E-state index contributed by atoms with van der Waals surface area (Å²) in [4.78, 5) is 33.1. The van der Waals surface area contributed by atoms with Crippen molar-refractivity contribution >= 4 is 334 Å². The Hall–Kier alpha value is -2.12. The van der Waals surface area contributed by atoms with E-state index in [9.17, 15) is 25.0 Å². The first-order valence-corrected chi connectivity index (χ1v) is 23.5. The minimum atomic E-state index is -1.24. The first-order chi connectivity index (χ1) is 35.3. The van der Waals surface area contributed by atoms with E-state index in [0.29, 0.717) is 31.1 Å². The van der Waals surface area contributed by atoms with Crippen LogP contribution in [-0.2, 0) is 4.79 Å². The zero-order chi connectivity index (χ0) is 58.4. The topological polar surface area (TPSA) is 185 Å². The second-order valence-electron chi connectivity index (χ2n) is 18.5. The van der Waals surface area contributed by atoms with Crippen molar-refractivity contribution in [1.82, 2.24) is 0 Å². The molecule has 4 rings (SSSR count). The minimum Gasteiger partial charge on any atom is -0.488 e. The van der Waals surface area contributed by atoms with Gasteiger partial charge in [0.2, 0.25) is 5.91 Å². The summed E-state index contributed by atoms with van der Waals surface area (Å²) in [6, 6.07) is 8.70. The number of amides is 1. The van der Waals surface area contributed by atoms with Crippen molar-refractivity contribution in [2.24, 2.45) is 0 Å². The molecular formula is C20H16B43N6O7. The molecular weight excluding hydrogens is 901 g/mol. The fourth-order valence-corrected chi connectivity index (χ4v) is 10.3. The summed E-state index contributed by atoms with van der Waals surface area (Å²) in [6.45, 7) is 2.98. The lowest BCUT2D eigenvalue weighted by Crippen LogP contribution is -2.93. The van der Waals surface area contributed by atoms with Crippen molar-refractivity contribution in [1.29, 1.82) is 10.5 Å². The molecule has 0 saturated heterocycles. The molecule has 13 nitrogen and oxygen atoms in total. The van der Waals surface area contributed by atoms with Crippen molar-refractivity contribution in [2.75, 3.05) is 36.5 Å². The van der Waals surface area contributed by atoms with Crippen LogP contribution in [0.5, 0.6) is 11.5 Å². The highest BCUT2D eigenvalue weighted by Gasteiger charge is 2.58. The molecule has 2 heterocycles. The normalized spacial score (nSPS) is 11.1. The zero-order valence-corrected chi connectivity index (χ0v) is 42.1. The van der Waals surface area contributed by atoms with Crippen LogP contribution in [0.4, 0.5) is 22.7 Å². The lowest BCUT2D eigenvalue weighted by molar-refractivity contribution is -0.385. The molecule has 0 aromatic heterocycles. The highest BCUT2D eigenvalue weighted by Crippen LogP contribution is 2.38. The van der Waals surface area contributed by atoms with Gasteiger partial charge in [0.1, 0.15) is 36.5 Å². The quantitative estimate of drug-likeness (QED) is 0.0677. The van der Waals surface area contributed by atoms with Crippen LogP contribution in [0.2, 0.25) is 0 Å². The average Bonchev–Trinajstić information content (AvgIpc) is 3.31. The molecule has 2 aromatic rings. The Morgan fingerprint density at radius 3 is 1.21 bits per heavy atom. The number of hydrogen-bond acceptors (Lipinski definition) is 10. The van der Waals surface area contributed by atoms with E-state index in [2.05, 4.69) is 5.32 Å². The third-order valence-electron chi connectivity index (χ3n) is 13.4. The molecule has 0 fully saturated rings. The molecule has 0 spiro atoms. The number of ether oxygens (including phenoxy) is 2. The van der Waals surface area contributed by atoms with Gasteiger partial charge in [0.05, 0.1) is 27.8 Å². The van der Waals surface area contributed by atoms with Gasteiger partial charge in [-0.2, -0.15) is 10.5 Å². The van der Waals surface area contributed by atoms with E-state index < -0.39 is 138 Å². The number of carbonyl (C=O) groups excluding carboxylic acids is 1. The Kier molecular flexibility index (Phi) is 29.8. The van der Waals surface area contributed by atoms with Crippen LogP contribution in [0.15, 0.2) is 24.3 Å². The number of anilines is 2. The largest absolute Gasteiger partial charge is 0.488 e. The number of carbonyl (C=O) groups is 1. The number of hydrogen-bond donors (Lipinski definition) is 1. The predicted octanol–water partition coefficient (Wildman–Crippen LogP) is -13.9. The molecule has 45 radical (unpaired) electrons. The van der Waals surface area contributed by atoms with Crippen LogP contribution in [0.1, 0.15) is 18.1 Å². The third-order valence-corrected chi connectivity index (χ3v) is 13.4. The Bertz CT molecular complexity index is 2190.